The molecule has 3 aromatic rings. The highest BCUT2D eigenvalue weighted by molar-refractivity contribution is 9.10. The maximum Gasteiger partial charge on any atom is 0.255 e. The third kappa shape index (κ3) is 3.79. The van der Waals surface area contributed by atoms with Crippen LogP contribution in [0.1, 0.15) is 11.7 Å². The van der Waals surface area contributed by atoms with Crippen LogP contribution < -0.4 is 10.5 Å². The molecule has 1 aromatic carbocycles. The van der Waals surface area contributed by atoms with E-state index < -0.39 is 0 Å². The van der Waals surface area contributed by atoms with Crippen molar-refractivity contribution in [3.05, 3.63) is 75.2 Å². The molecular formula is C20H19BrN4O2. The van der Waals surface area contributed by atoms with E-state index in [9.17, 15) is 4.79 Å². The Labute approximate surface area is 165 Å². The number of rotatable bonds is 3. The SMILES string of the molecule is Cn1c(N2CCO[C@H](c3cccc(Br)c3)C2)nc(-c2ccncc2)cc1=O. The first-order valence-corrected chi connectivity index (χ1v) is 9.51. The Morgan fingerprint density at radius 1 is 1.19 bits per heavy atom. The number of morpholine rings is 1. The van der Waals surface area contributed by atoms with Crippen molar-refractivity contribution in [2.45, 2.75) is 6.10 Å². The van der Waals surface area contributed by atoms with Gasteiger partial charge in [0.1, 0.15) is 6.10 Å². The van der Waals surface area contributed by atoms with Crippen LogP contribution in [0.25, 0.3) is 11.3 Å². The number of halogens is 1. The zero-order chi connectivity index (χ0) is 18.8. The van der Waals surface area contributed by atoms with E-state index in [0.717, 1.165) is 15.6 Å². The number of aromatic nitrogens is 3. The van der Waals surface area contributed by atoms with E-state index >= 15 is 0 Å². The van der Waals surface area contributed by atoms with Crippen molar-refractivity contribution in [1.29, 1.82) is 0 Å². The number of pyridine rings is 1. The molecule has 27 heavy (non-hydrogen) atoms. The zero-order valence-electron chi connectivity index (χ0n) is 14.9. The van der Waals surface area contributed by atoms with Gasteiger partial charge in [0.15, 0.2) is 0 Å². The third-order valence-electron chi connectivity index (χ3n) is 4.66. The lowest BCUT2D eigenvalue weighted by Gasteiger charge is -2.34. The Morgan fingerprint density at radius 3 is 2.78 bits per heavy atom. The summed E-state index contributed by atoms with van der Waals surface area (Å²) in [6.07, 6.45) is 3.33. The van der Waals surface area contributed by atoms with Crippen LogP contribution in [0.3, 0.4) is 0 Å². The summed E-state index contributed by atoms with van der Waals surface area (Å²) >= 11 is 3.51. The molecule has 0 bridgehead atoms. The number of nitrogens with zero attached hydrogens (tertiary/aromatic N) is 4. The monoisotopic (exact) mass is 426 g/mol. The molecule has 1 aliphatic heterocycles. The number of benzene rings is 1. The fraction of sp³-hybridized carbons (Fsp3) is 0.250. The van der Waals surface area contributed by atoms with E-state index in [-0.39, 0.29) is 11.7 Å². The summed E-state index contributed by atoms with van der Waals surface area (Å²) in [7, 11) is 1.75. The minimum absolute atomic E-state index is 0.0715. The summed E-state index contributed by atoms with van der Waals surface area (Å²) in [6.45, 7) is 1.90. The van der Waals surface area contributed by atoms with Crippen LogP contribution in [-0.4, -0.2) is 34.2 Å². The number of hydrogen-bond donors (Lipinski definition) is 0. The maximum absolute atomic E-state index is 12.5. The van der Waals surface area contributed by atoms with Crippen LogP contribution in [-0.2, 0) is 11.8 Å². The van der Waals surface area contributed by atoms with Crippen LogP contribution in [0.4, 0.5) is 5.95 Å². The summed E-state index contributed by atoms with van der Waals surface area (Å²) < 4.78 is 8.58. The van der Waals surface area contributed by atoms with Crippen molar-refractivity contribution >= 4 is 21.9 Å². The van der Waals surface area contributed by atoms with Crippen molar-refractivity contribution in [2.24, 2.45) is 7.05 Å². The minimum Gasteiger partial charge on any atom is -0.370 e. The lowest BCUT2D eigenvalue weighted by Crippen LogP contribution is -2.41. The molecule has 0 aliphatic carbocycles. The van der Waals surface area contributed by atoms with Gasteiger partial charge in [0.05, 0.1) is 18.8 Å². The predicted octanol–water partition coefficient (Wildman–Crippen LogP) is 3.18. The minimum atomic E-state index is -0.0858. The summed E-state index contributed by atoms with van der Waals surface area (Å²) in [6, 6.07) is 13.4. The van der Waals surface area contributed by atoms with Crippen LogP contribution >= 0.6 is 15.9 Å². The van der Waals surface area contributed by atoms with Gasteiger partial charge in [-0.1, -0.05) is 28.1 Å². The van der Waals surface area contributed by atoms with E-state index in [0.29, 0.717) is 31.3 Å². The van der Waals surface area contributed by atoms with Gasteiger partial charge < -0.3 is 9.64 Å². The fourth-order valence-electron chi connectivity index (χ4n) is 3.22. The highest BCUT2D eigenvalue weighted by atomic mass is 79.9. The van der Waals surface area contributed by atoms with Crippen LogP contribution in [0.5, 0.6) is 0 Å². The molecule has 0 amide bonds. The van der Waals surface area contributed by atoms with Gasteiger partial charge >= 0.3 is 0 Å². The molecule has 7 heteroatoms. The van der Waals surface area contributed by atoms with E-state index in [2.05, 4.69) is 37.9 Å². The van der Waals surface area contributed by atoms with E-state index in [4.69, 9.17) is 9.72 Å². The molecule has 138 valence electrons. The molecule has 1 saturated heterocycles. The quantitative estimate of drug-likeness (QED) is 0.643. The van der Waals surface area contributed by atoms with Crippen molar-refractivity contribution < 1.29 is 4.74 Å². The molecule has 3 heterocycles. The lowest BCUT2D eigenvalue weighted by molar-refractivity contribution is 0.0389. The standard InChI is InChI=1S/C20H19BrN4O2/c1-24-19(26)12-17(14-5-7-22-8-6-14)23-20(24)25-9-10-27-18(13-25)15-3-2-4-16(21)11-15/h2-8,11-12,18H,9-10,13H2,1H3/t18-/m0/s1. The van der Waals surface area contributed by atoms with Crippen molar-refractivity contribution in [1.82, 2.24) is 14.5 Å². The molecule has 0 N–H and O–H groups in total. The summed E-state index contributed by atoms with van der Waals surface area (Å²) in [5, 5.41) is 0. The highest BCUT2D eigenvalue weighted by Crippen LogP contribution is 2.27. The highest BCUT2D eigenvalue weighted by Gasteiger charge is 2.25. The van der Waals surface area contributed by atoms with E-state index in [1.165, 1.54) is 0 Å². The molecule has 1 atom stereocenters. The topological polar surface area (TPSA) is 60.2 Å². The van der Waals surface area contributed by atoms with Crippen molar-refractivity contribution in [2.75, 3.05) is 24.6 Å². The van der Waals surface area contributed by atoms with Crippen LogP contribution in [0.2, 0.25) is 0 Å². The third-order valence-corrected chi connectivity index (χ3v) is 5.15. The zero-order valence-corrected chi connectivity index (χ0v) is 16.5. The van der Waals surface area contributed by atoms with E-state index in [1.54, 1.807) is 30.1 Å². The summed E-state index contributed by atoms with van der Waals surface area (Å²) in [5.41, 5.74) is 2.54. The van der Waals surface area contributed by atoms with Gasteiger partial charge in [-0.2, -0.15) is 0 Å². The summed E-state index contributed by atoms with van der Waals surface area (Å²) in [4.78, 5) is 23.4. The molecule has 0 radical (unpaired) electrons. The Hall–Kier alpha value is -2.51. The first kappa shape index (κ1) is 17.9. The first-order valence-electron chi connectivity index (χ1n) is 8.72. The number of hydrogen-bond acceptors (Lipinski definition) is 5. The fourth-order valence-corrected chi connectivity index (χ4v) is 3.64. The van der Waals surface area contributed by atoms with Gasteiger partial charge in [0, 0.05) is 42.1 Å². The second kappa shape index (κ2) is 7.62. The molecule has 0 unspecified atom stereocenters. The van der Waals surface area contributed by atoms with Gasteiger partial charge in [-0.15, -0.1) is 0 Å². The second-order valence-electron chi connectivity index (χ2n) is 6.43. The van der Waals surface area contributed by atoms with Gasteiger partial charge in [-0.25, -0.2) is 4.98 Å². The smallest absolute Gasteiger partial charge is 0.255 e. The lowest BCUT2D eigenvalue weighted by atomic mass is 10.1. The molecule has 6 nitrogen and oxygen atoms in total. The molecule has 0 saturated carbocycles. The van der Waals surface area contributed by atoms with Gasteiger partial charge in [-0.3, -0.25) is 14.3 Å². The molecule has 4 rings (SSSR count). The average Bonchev–Trinajstić information content (AvgIpc) is 2.71. The molecular weight excluding hydrogens is 408 g/mol. The van der Waals surface area contributed by atoms with Crippen molar-refractivity contribution in [3.8, 4) is 11.3 Å². The maximum atomic E-state index is 12.5. The molecule has 1 aliphatic rings. The van der Waals surface area contributed by atoms with Gasteiger partial charge in [0.2, 0.25) is 5.95 Å². The first-order chi connectivity index (χ1) is 13.1. The second-order valence-corrected chi connectivity index (χ2v) is 7.35. The molecule has 2 aromatic heterocycles. The normalized spacial score (nSPS) is 17.1. The Balaban J connectivity index is 1.68. The number of ether oxygens (including phenoxy) is 1. The molecule has 0 spiro atoms. The molecule has 1 fully saturated rings. The van der Waals surface area contributed by atoms with Crippen molar-refractivity contribution in [3.63, 3.8) is 0 Å². The predicted molar refractivity (Wildman–Crippen MR) is 108 cm³/mol. The Kier molecular flexibility index (Phi) is 5.05. The summed E-state index contributed by atoms with van der Waals surface area (Å²) in [5.74, 6) is 0.651. The van der Waals surface area contributed by atoms with Crippen LogP contribution in [0, 0.1) is 0 Å². The Morgan fingerprint density at radius 2 is 2.00 bits per heavy atom. The van der Waals surface area contributed by atoms with E-state index in [1.807, 2.05) is 24.3 Å². The van der Waals surface area contributed by atoms with Gasteiger partial charge in [-0.05, 0) is 29.8 Å². The Bertz CT molecular complexity index is 1010. The van der Waals surface area contributed by atoms with Crippen LogP contribution in [0.15, 0.2) is 64.1 Å². The number of anilines is 1. The average molecular weight is 427 g/mol. The largest absolute Gasteiger partial charge is 0.370 e. The van der Waals surface area contributed by atoms with Gasteiger partial charge in [0.25, 0.3) is 5.56 Å².